The zero-order chi connectivity index (χ0) is 19.4. The maximum absolute atomic E-state index is 10.3. The van der Waals surface area contributed by atoms with Crippen LogP contribution in [-0.4, -0.2) is 21.8 Å². The molecule has 4 heteroatoms. The highest BCUT2D eigenvalue weighted by molar-refractivity contribution is 5.71. The van der Waals surface area contributed by atoms with Crippen molar-refractivity contribution in [2.75, 3.05) is 6.61 Å². The van der Waals surface area contributed by atoms with E-state index in [2.05, 4.69) is 4.98 Å². The van der Waals surface area contributed by atoms with E-state index >= 15 is 0 Å². The van der Waals surface area contributed by atoms with Crippen molar-refractivity contribution in [3.63, 3.8) is 0 Å². The summed E-state index contributed by atoms with van der Waals surface area (Å²) in [5.41, 5.74) is 5.77. The van der Waals surface area contributed by atoms with Crippen molar-refractivity contribution in [1.29, 1.82) is 0 Å². The summed E-state index contributed by atoms with van der Waals surface area (Å²) >= 11 is 0. The summed E-state index contributed by atoms with van der Waals surface area (Å²) in [4.78, 5) is 4.58. The van der Waals surface area contributed by atoms with Crippen LogP contribution in [0.4, 0.5) is 0 Å². The topological polar surface area (TPSA) is 62.6 Å². The molecule has 0 unspecified atom stereocenters. The van der Waals surface area contributed by atoms with Crippen LogP contribution in [0.3, 0.4) is 0 Å². The van der Waals surface area contributed by atoms with Crippen LogP contribution in [0.15, 0.2) is 66.4 Å². The highest BCUT2D eigenvalue weighted by Gasteiger charge is 2.10. The SMILES string of the molecule is CC(C)=CCOc1ccc(-c2ncc(-c3ccc(O)cc3)cc2C)cc1O. The summed E-state index contributed by atoms with van der Waals surface area (Å²) in [6.45, 7) is 6.42. The van der Waals surface area contributed by atoms with Gasteiger partial charge in [-0.15, -0.1) is 0 Å². The molecule has 0 bridgehead atoms. The molecule has 2 N–H and O–H groups in total. The zero-order valence-electron chi connectivity index (χ0n) is 15.7. The zero-order valence-corrected chi connectivity index (χ0v) is 15.7. The predicted molar refractivity (Wildman–Crippen MR) is 108 cm³/mol. The number of allylic oxidation sites excluding steroid dienone is 1. The summed E-state index contributed by atoms with van der Waals surface area (Å²) in [7, 11) is 0. The molecule has 1 aromatic heterocycles. The average Bonchev–Trinajstić information content (AvgIpc) is 2.63. The Balaban J connectivity index is 1.85. The molecule has 0 aliphatic carbocycles. The molecule has 138 valence electrons. The number of benzene rings is 2. The molecular weight excluding hydrogens is 338 g/mol. The molecule has 0 aliphatic rings. The van der Waals surface area contributed by atoms with Gasteiger partial charge in [0.25, 0.3) is 0 Å². The first-order valence-electron chi connectivity index (χ1n) is 8.79. The lowest BCUT2D eigenvalue weighted by atomic mass is 10.0. The van der Waals surface area contributed by atoms with E-state index in [1.807, 2.05) is 51.1 Å². The van der Waals surface area contributed by atoms with Gasteiger partial charge in [-0.1, -0.05) is 17.7 Å². The van der Waals surface area contributed by atoms with Crippen LogP contribution in [0, 0.1) is 6.92 Å². The lowest BCUT2D eigenvalue weighted by molar-refractivity contribution is 0.335. The second-order valence-corrected chi connectivity index (χ2v) is 6.71. The van der Waals surface area contributed by atoms with E-state index < -0.39 is 0 Å². The van der Waals surface area contributed by atoms with Crippen LogP contribution in [0.5, 0.6) is 17.2 Å². The van der Waals surface area contributed by atoms with E-state index in [9.17, 15) is 10.2 Å². The normalized spacial score (nSPS) is 10.5. The fourth-order valence-electron chi connectivity index (χ4n) is 2.77. The van der Waals surface area contributed by atoms with E-state index in [1.165, 1.54) is 5.57 Å². The molecule has 1 heterocycles. The molecule has 4 nitrogen and oxygen atoms in total. The van der Waals surface area contributed by atoms with Crippen LogP contribution >= 0.6 is 0 Å². The van der Waals surface area contributed by atoms with Gasteiger partial charge in [0.05, 0.1) is 5.69 Å². The average molecular weight is 361 g/mol. The minimum atomic E-state index is 0.0958. The van der Waals surface area contributed by atoms with Crippen molar-refractivity contribution < 1.29 is 14.9 Å². The first-order chi connectivity index (χ1) is 12.9. The van der Waals surface area contributed by atoms with Crippen molar-refractivity contribution in [2.45, 2.75) is 20.8 Å². The quantitative estimate of drug-likeness (QED) is 0.591. The van der Waals surface area contributed by atoms with Gasteiger partial charge in [-0.2, -0.15) is 0 Å². The van der Waals surface area contributed by atoms with E-state index in [4.69, 9.17) is 4.74 Å². The molecule has 0 saturated carbocycles. The lowest BCUT2D eigenvalue weighted by Crippen LogP contribution is -1.95. The Hall–Kier alpha value is -3.27. The van der Waals surface area contributed by atoms with E-state index in [0.29, 0.717) is 12.4 Å². The number of phenols is 2. The molecule has 27 heavy (non-hydrogen) atoms. The Morgan fingerprint density at radius 1 is 0.963 bits per heavy atom. The van der Waals surface area contributed by atoms with Crippen LogP contribution in [0.25, 0.3) is 22.4 Å². The van der Waals surface area contributed by atoms with Gasteiger partial charge in [0.1, 0.15) is 12.4 Å². The molecule has 0 saturated heterocycles. The standard InChI is InChI=1S/C23H23NO3/c1-15(2)10-11-27-22-9-6-18(13-21(22)26)23-16(3)12-19(14-24-23)17-4-7-20(25)8-5-17/h4-10,12-14,25-26H,11H2,1-3H3. The lowest BCUT2D eigenvalue weighted by Gasteiger charge is -2.11. The summed E-state index contributed by atoms with van der Waals surface area (Å²) in [5, 5.41) is 19.7. The fraction of sp³-hybridized carbons (Fsp3) is 0.174. The number of rotatable bonds is 5. The molecule has 0 amide bonds. The second kappa shape index (κ2) is 7.96. The van der Waals surface area contributed by atoms with Gasteiger partial charge in [-0.05, 0) is 74.4 Å². The smallest absolute Gasteiger partial charge is 0.161 e. The van der Waals surface area contributed by atoms with Crippen molar-refractivity contribution >= 4 is 0 Å². The first-order valence-corrected chi connectivity index (χ1v) is 8.79. The highest BCUT2D eigenvalue weighted by atomic mass is 16.5. The van der Waals surface area contributed by atoms with Gasteiger partial charge in [-0.3, -0.25) is 4.98 Å². The van der Waals surface area contributed by atoms with Crippen LogP contribution in [-0.2, 0) is 0 Å². The van der Waals surface area contributed by atoms with E-state index in [-0.39, 0.29) is 11.5 Å². The van der Waals surface area contributed by atoms with Gasteiger partial charge in [0.15, 0.2) is 11.5 Å². The van der Waals surface area contributed by atoms with E-state index in [1.54, 1.807) is 30.5 Å². The maximum atomic E-state index is 10.3. The highest BCUT2D eigenvalue weighted by Crippen LogP contribution is 2.33. The molecule has 0 fully saturated rings. The number of phenolic OH excluding ortho intramolecular Hbond substituents is 2. The molecule has 2 aromatic carbocycles. The van der Waals surface area contributed by atoms with Crippen LogP contribution in [0.2, 0.25) is 0 Å². The Morgan fingerprint density at radius 2 is 1.67 bits per heavy atom. The number of pyridine rings is 1. The monoisotopic (exact) mass is 361 g/mol. The predicted octanol–water partition coefficient (Wildman–Crippen LogP) is 5.48. The van der Waals surface area contributed by atoms with Crippen molar-refractivity contribution in [2.24, 2.45) is 0 Å². The number of hydrogen-bond donors (Lipinski definition) is 2. The van der Waals surface area contributed by atoms with Crippen molar-refractivity contribution in [3.8, 4) is 39.6 Å². The van der Waals surface area contributed by atoms with Gasteiger partial charge in [0.2, 0.25) is 0 Å². The Kier molecular flexibility index (Phi) is 5.46. The summed E-state index contributed by atoms with van der Waals surface area (Å²) in [5.74, 6) is 0.788. The Morgan fingerprint density at radius 3 is 2.30 bits per heavy atom. The van der Waals surface area contributed by atoms with Crippen molar-refractivity contribution in [1.82, 2.24) is 4.98 Å². The van der Waals surface area contributed by atoms with Crippen LogP contribution in [0.1, 0.15) is 19.4 Å². The number of aromatic nitrogens is 1. The second-order valence-electron chi connectivity index (χ2n) is 6.71. The molecule has 0 aliphatic heterocycles. The first kappa shape index (κ1) is 18.5. The maximum Gasteiger partial charge on any atom is 0.161 e. The molecule has 0 atom stereocenters. The van der Waals surface area contributed by atoms with Gasteiger partial charge < -0.3 is 14.9 Å². The third kappa shape index (κ3) is 4.47. The minimum absolute atomic E-state index is 0.0958. The Bertz CT molecular complexity index is 971. The number of aromatic hydroxyl groups is 2. The minimum Gasteiger partial charge on any atom is -0.508 e. The number of nitrogens with zero attached hydrogens (tertiary/aromatic N) is 1. The largest absolute Gasteiger partial charge is 0.508 e. The van der Waals surface area contributed by atoms with Gasteiger partial charge in [0, 0.05) is 17.3 Å². The fourth-order valence-corrected chi connectivity index (χ4v) is 2.77. The molecule has 3 aromatic rings. The molecule has 0 radical (unpaired) electrons. The van der Waals surface area contributed by atoms with Crippen LogP contribution < -0.4 is 4.74 Å². The molecule has 0 spiro atoms. The van der Waals surface area contributed by atoms with E-state index in [0.717, 1.165) is 27.9 Å². The number of hydrogen-bond acceptors (Lipinski definition) is 4. The number of ether oxygens (including phenoxy) is 1. The third-order valence-corrected chi connectivity index (χ3v) is 4.24. The summed E-state index contributed by atoms with van der Waals surface area (Å²) in [6.07, 6.45) is 3.76. The molecule has 3 rings (SSSR count). The third-order valence-electron chi connectivity index (χ3n) is 4.24. The van der Waals surface area contributed by atoms with Crippen molar-refractivity contribution in [3.05, 3.63) is 71.9 Å². The molecular formula is C23H23NO3. The summed E-state index contributed by atoms with van der Waals surface area (Å²) < 4.78 is 5.59. The van der Waals surface area contributed by atoms with Gasteiger partial charge in [-0.25, -0.2) is 0 Å². The summed E-state index contributed by atoms with van der Waals surface area (Å²) in [6, 6.07) is 14.4. The number of aryl methyl sites for hydroxylation is 1. The van der Waals surface area contributed by atoms with Gasteiger partial charge >= 0.3 is 0 Å². The Labute approximate surface area is 159 Å².